The van der Waals surface area contributed by atoms with E-state index < -0.39 is 21.9 Å². The van der Waals surface area contributed by atoms with Gasteiger partial charge in [0.2, 0.25) is 0 Å². The summed E-state index contributed by atoms with van der Waals surface area (Å²) in [6.07, 6.45) is 2.23. The maximum atomic E-state index is 11.9. The minimum absolute atomic E-state index is 0.192. The van der Waals surface area contributed by atoms with Crippen LogP contribution in [0, 0.1) is 0 Å². The van der Waals surface area contributed by atoms with Gasteiger partial charge >= 0.3 is 16.3 Å². The molecule has 0 radical (unpaired) electrons. The second-order valence-corrected chi connectivity index (χ2v) is 6.84. The van der Waals surface area contributed by atoms with Crippen LogP contribution in [-0.4, -0.2) is 31.0 Å². The average molecular weight is 312 g/mol. The molecular formula is C14H20N2O4S. The van der Waals surface area contributed by atoms with Gasteiger partial charge in [0.15, 0.2) is 0 Å². The smallest absolute Gasteiger partial charge is 0.425 e. The molecule has 1 amide bonds. The Kier molecular flexibility index (Phi) is 5.51. The Morgan fingerprint density at radius 1 is 1.29 bits per heavy atom. The molecule has 0 saturated heterocycles. The predicted octanol–water partition coefficient (Wildman–Crippen LogP) is 2.14. The van der Waals surface area contributed by atoms with E-state index in [-0.39, 0.29) is 6.54 Å². The zero-order valence-electron chi connectivity index (χ0n) is 12.3. The van der Waals surface area contributed by atoms with E-state index >= 15 is 0 Å². The van der Waals surface area contributed by atoms with Gasteiger partial charge in [0.1, 0.15) is 5.60 Å². The fourth-order valence-electron chi connectivity index (χ4n) is 1.44. The Labute approximate surface area is 125 Å². The highest BCUT2D eigenvalue weighted by Gasteiger charge is 2.28. The van der Waals surface area contributed by atoms with Crippen molar-refractivity contribution in [3.8, 4) is 0 Å². The van der Waals surface area contributed by atoms with Crippen molar-refractivity contribution in [2.45, 2.75) is 26.4 Å². The van der Waals surface area contributed by atoms with Gasteiger partial charge in [-0.3, -0.25) is 0 Å². The molecule has 21 heavy (non-hydrogen) atoms. The molecule has 1 rings (SSSR count). The number of hydrogen-bond acceptors (Lipinski definition) is 4. The molecule has 0 aliphatic carbocycles. The fourth-order valence-corrected chi connectivity index (χ4v) is 1.98. The van der Waals surface area contributed by atoms with E-state index in [1.54, 1.807) is 26.8 Å². The molecule has 6 nitrogen and oxygen atoms in total. The van der Waals surface area contributed by atoms with Crippen LogP contribution < -0.4 is 5.14 Å². The molecule has 116 valence electrons. The quantitative estimate of drug-likeness (QED) is 0.922. The van der Waals surface area contributed by atoms with Crippen LogP contribution in [0.25, 0.3) is 6.08 Å². The van der Waals surface area contributed by atoms with Crippen LogP contribution in [0.15, 0.2) is 36.4 Å². The van der Waals surface area contributed by atoms with E-state index in [1.807, 2.05) is 30.3 Å². The van der Waals surface area contributed by atoms with Gasteiger partial charge < -0.3 is 4.74 Å². The van der Waals surface area contributed by atoms with Crippen molar-refractivity contribution in [3.63, 3.8) is 0 Å². The zero-order chi connectivity index (χ0) is 16.1. The molecule has 1 aromatic carbocycles. The summed E-state index contributed by atoms with van der Waals surface area (Å²) in [5, 5.41) is 5.04. The lowest BCUT2D eigenvalue weighted by Gasteiger charge is -2.24. The van der Waals surface area contributed by atoms with Crippen molar-refractivity contribution in [2.24, 2.45) is 5.14 Å². The maximum Gasteiger partial charge on any atom is 0.425 e. The largest absolute Gasteiger partial charge is 0.443 e. The summed E-state index contributed by atoms with van der Waals surface area (Å²) in [5.74, 6) is 0. The van der Waals surface area contributed by atoms with Crippen LogP contribution in [0.4, 0.5) is 4.79 Å². The standard InChI is InChI=1S/C14H20N2O4S/c1-14(2,3)20-13(17)16(21(15,18)19)11-7-10-12-8-5-4-6-9-12/h4-10H,11H2,1-3H3,(H2,15,18,19). The summed E-state index contributed by atoms with van der Waals surface area (Å²) in [6, 6.07) is 9.28. The van der Waals surface area contributed by atoms with E-state index in [1.165, 1.54) is 6.08 Å². The number of rotatable bonds is 4. The Hall–Kier alpha value is -1.86. The van der Waals surface area contributed by atoms with Crippen molar-refractivity contribution >= 4 is 22.4 Å². The maximum absolute atomic E-state index is 11.9. The molecule has 0 atom stereocenters. The molecule has 0 aromatic heterocycles. The van der Waals surface area contributed by atoms with Crippen molar-refractivity contribution in [2.75, 3.05) is 6.54 Å². The molecule has 0 spiro atoms. The van der Waals surface area contributed by atoms with Gasteiger partial charge in [-0.2, -0.15) is 12.7 Å². The number of hydrogen-bond donors (Lipinski definition) is 1. The van der Waals surface area contributed by atoms with Crippen molar-refractivity contribution < 1.29 is 17.9 Å². The minimum atomic E-state index is -4.18. The molecule has 0 unspecified atom stereocenters. The highest BCUT2D eigenvalue weighted by Crippen LogP contribution is 2.11. The summed E-state index contributed by atoms with van der Waals surface area (Å²) in [4.78, 5) is 11.9. The minimum Gasteiger partial charge on any atom is -0.443 e. The van der Waals surface area contributed by atoms with Crippen LogP contribution in [0.3, 0.4) is 0 Å². The van der Waals surface area contributed by atoms with Crippen molar-refractivity contribution in [1.29, 1.82) is 0 Å². The summed E-state index contributed by atoms with van der Waals surface area (Å²) in [6.45, 7) is 4.74. The highest BCUT2D eigenvalue weighted by atomic mass is 32.2. The third-order valence-corrected chi connectivity index (χ3v) is 3.20. The van der Waals surface area contributed by atoms with Crippen molar-refractivity contribution in [1.82, 2.24) is 4.31 Å². The number of ether oxygens (including phenoxy) is 1. The zero-order valence-corrected chi connectivity index (χ0v) is 13.1. The Balaban J connectivity index is 2.81. The molecule has 0 fully saturated rings. The topological polar surface area (TPSA) is 89.7 Å². The Morgan fingerprint density at radius 2 is 1.86 bits per heavy atom. The molecule has 0 saturated carbocycles. The summed E-state index contributed by atoms with van der Waals surface area (Å²) in [5.41, 5.74) is 0.0828. The van der Waals surface area contributed by atoms with Gasteiger partial charge in [-0.25, -0.2) is 9.93 Å². The second kappa shape index (κ2) is 6.73. The third kappa shape index (κ3) is 6.42. The summed E-state index contributed by atoms with van der Waals surface area (Å²) < 4.78 is 28.4. The van der Waals surface area contributed by atoms with Crippen LogP contribution in [0.2, 0.25) is 0 Å². The van der Waals surface area contributed by atoms with Gasteiger partial charge in [-0.1, -0.05) is 42.5 Å². The van der Waals surface area contributed by atoms with E-state index in [2.05, 4.69) is 0 Å². The Bertz CT molecular complexity index is 604. The molecular weight excluding hydrogens is 292 g/mol. The van der Waals surface area contributed by atoms with E-state index in [4.69, 9.17) is 9.88 Å². The lowest BCUT2D eigenvalue weighted by molar-refractivity contribution is 0.0404. The SMILES string of the molecule is CC(C)(C)OC(=O)N(CC=Cc1ccccc1)S(N)(=O)=O. The van der Waals surface area contributed by atoms with Gasteiger partial charge in [0.05, 0.1) is 6.54 Å². The fraction of sp³-hybridized carbons (Fsp3) is 0.357. The van der Waals surface area contributed by atoms with Crippen molar-refractivity contribution in [3.05, 3.63) is 42.0 Å². The van der Waals surface area contributed by atoms with E-state index in [0.717, 1.165) is 5.56 Å². The average Bonchev–Trinajstić information content (AvgIpc) is 2.32. The molecule has 0 aliphatic heterocycles. The summed E-state index contributed by atoms with van der Waals surface area (Å²) >= 11 is 0. The number of nitrogens with two attached hydrogens (primary N) is 1. The van der Waals surface area contributed by atoms with Crippen LogP contribution in [0.5, 0.6) is 0 Å². The lowest BCUT2D eigenvalue weighted by Crippen LogP contribution is -2.44. The molecule has 2 N–H and O–H groups in total. The predicted molar refractivity (Wildman–Crippen MR) is 81.5 cm³/mol. The molecule has 0 aliphatic rings. The first-order valence-electron chi connectivity index (χ1n) is 6.34. The number of benzene rings is 1. The first-order valence-corrected chi connectivity index (χ1v) is 7.85. The number of amides is 1. The monoisotopic (exact) mass is 312 g/mol. The first-order chi connectivity index (χ1) is 9.59. The number of nitrogens with zero attached hydrogens (tertiary/aromatic N) is 1. The summed E-state index contributed by atoms with van der Waals surface area (Å²) in [7, 11) is -4.18. The molecule has 0 bridgehead atoms. The second-order valence-electron chi connectivity index (χ2n) is 5.37. The van der Waals surface area contributed by atoms with Gasteiger partial charge in [0.25, 0.3) is 0 Å². The van der Waals surface area contributed by atoms with Gasteiger partial charge in [-0.15, -0.1) is 0 Å². The van der Waals surface area contributed by atoms with Crippen LogP contribution in [0.1, 0.15) is 26.3 Å². The molecule has 1 aromatic rings. The number of carbonyl (C=O) groups excluding carboxylic acids is 1. The van der Waals surface area contributed by atoms with Crippen LogP contribution in [-0.2, 0) is 14.9 Å². The first kappa shape index (κ1) is 17.2. The Morgan fingerprint density at radius 3 is 2.33 bits per heavy atom. The highest BCUT2D eigenvalue weighted by molar-refractivity contribution is 7.87. The van der Waals surface area contributed by atoms with E-state index in [0.29, 0.717) is 4.31 Å². The normalized spacial score (nSPS) is 12.4. The molecule has 0 heterocycles. The third-order valence-electron chi connectivity index (χ3n) is 2.29. The van der Waals surface area contributed by atoms with Gasteiger partial charge in [-0.05, 0) is 26.3 Å². The van der Waals surface area contributed by atoms with Gasteiger partial charge in [0, 0.05) is 0 Å². The van der Waals surface area contributed by atoms with E-state index in [9.17, 15) is 13.2 Å². The lowest BCUT2D eigenvalue weighted by atomic mass is 10.2. The number of carbonyl (C=O) groups is 1. The van der Waals surface area contributed by atoms with Crippen LogP contribution >= 0.6 is 0 Å². The molecule has 7 heteroatoms.